The van der Waals surface area contributed by atoms with Crippen LogP contribution in [0.1, 0.15) is 19.8 Å². The van der Waals surface area contributed by atoms with Gasteiger partial charge in [0.1, 0.15) is 0 Å². The fraction of sp³-hybridized carbons (Fsp3) is 0.438. The van der Waals surface area contributed by atoms with E-state index in [4.69, 9.17) is 5.73 Å². The lowest BCUT2D eigenvalue weighted by molar-refractivity contribution is 0.190. The average Bonchev–Trinajstić information content (AvgIpc) is 2.46. The molecule has 3 rings (SSSR count). The number of nitrogens with zero attached hydrogens (tertiary/aromatic N) is 2. The molecule has 0 aliphatic carbocycles. The highest BCUT2D eigenvalue weighted by molar-refractivity contribution is 5.96. The zero-order valence-corrected chi connectivity index (χ0v) is 12.1. The van der Waals surface area contributed by atoms with E-state index in [-0.39, 0.29) is 0 Å². The summed E-state index contributed by atoms with van der Waals surface area (Å²) in [4.78, 5) is 6.80. The van der Waals surface area contributed by atoms with E-state index in [0.717, 1.165) is 41.7 Å². The SMILES string of the molecule is CC1CC(Nc2c(N)cnc3ccccc23)CCN1C. The summed E-state index contributed by atoms with van der Waals surface area (Å²) >= 11 is 0. The molecule has 0 spiro atoms. The van der Waals surface area contributed by atoms with Crippen molar-refractivity contribution in [3.63, 3.8) is 0 Å². The molecule has 4 heteroatoms. The molecule has 0 bridgehead atoms. The Balaban J connectivity index is 1.89. The lowest BCUT2D eigenvalue weighted by atomic mass is 9.98. The molecule has 1 aromatic carbocycles. The molecule has 0 saturated carbocycles. The highest BCUT2D eigenvalue weighted by atomic mass is 15.1. The van der Waals surface area contributed by atoms with Gasteiger partial charge < -0.3 is 16.0 Å². The van der Waals surface area contributed by atoms with Crippen LogP contribution in [0.4, 0.5) is 11.4 Å². The van der Waals surface area contributed by atoms with Gasteiger partial charge in [0.15, 0.2) is 0 Å². The van der Waals surface area contributed by atoms with Crippen LogP contribution in [-0.4, -0.2) is 35.6 Å². The smallest absolute Gasteiger partial charge is 0.0743 e. The molecule has 2 aromatic rings. The van der Waals surface area contributed by atoms with Crippen LogP contribution in [-0.2, 0) is 0 Å². The molecule has 1 aliphatic heterocycles. The van der Waals surface area contributed by atoms with E-state index < -0.39 is 0 Å². The van der Waals surface area contributed by atoms with Crippen LogP contribution in [0.15, 0.2) is 30.5 Å². The Labute approximate surface area is 120 Å². The maximum Gasteiger partial charge on any atom is 0.0743 e. The highest BCUT2D eigenvalue weighted by Gasteiger charge is 2.23. The molecular weight excluding hydrogens is 248 g/mol. The first-order chi connectivity index (χ1) is 9.65. The van der Waals surface area contributed by atoms with Crippen molar-refractivity contribution < 1.29 is 0 Å². The molecule has 2 atom stereocenters. The van der Waals surface area contributed by atoms with Gasteiger partial charge in [0, 0.05) is 24.0 Å². The predicted molar refractivity (Wildman–Crippen MR) is 84.9 cm³/mol. The maximum absolute atomic E-state index is 6.13. The number of rotatable bonds is 2. The third kappa shape index (κ3) is 2.43. The van der Waals surface area contributed by atoms with Gasteiger partial charge in [-0.1, -0.05) is 18.2 Å². The van der Waals surface area contributed by atoms with Gasteiger partial charge in [0.25, 0.3) is 0 Å². The van der Waals surface area contributed by atoms with E-state index >= 15 is 0 Å². The van der Waals surface area contributed by atoms with E-state index in [1.807, 2.05) is 18.2 Å². The number of aromatic nitrogens is 1. The van der Waals surface area contributed by atoms with E-state index in [2.05, 4.69) is 35.2 Å². The molecule has 20 heavy (non-hydrogen) atoms. The van der Waals surface area contributed by atoms with Crippen molar-refractivity contribution in [1.82, 2.24) is 9.88 Å². The molecule has 2 unspecified atom stereocenters. The third-order valence-electron chi connectivity index (χ3n) is 4.36. The standard InChI is InChI=1S/C16H22N4/c1-11-9-12(7-8-20(11)2)19-16-13-5-3-4-6-15(13)18-10-14(16)17/h3-6,10-12H,7-9,17H2,1-2H3,(H,18,19). The Morgan fingerprint density at radius 1 is 1.35 bits per heavy atom. The Morgan fingerprint density at radius 3 is 2.95 bits per heavy atom. The van der Waals surface area contributed by atoms with Gasteiger partial charge in [0.2, 0.25) is 0 Å². The molecule has 1 fully saturated rings. The zero-order chi connectivity index (χ0) is 14.1. The van der Waals surface area contributed by atoms with Crippen LogP contribution >= 0.6 is 0 Å². The van der Waals surface area contributed by atoms with Gasteiger partial charge in [-0.05, 0) is 32.9 Å². The van der Waals surface area contributed by atoms with Gasteiger partial charge in [-0.2, -0.15) is 0 Å². The molecular formula is C16H22N4. The number of fused-ring (bicyclic) bond motifs is 1. The number of hydrogen-bond donors (Lipinski definition) is 2. The molecule has 4 nitrogen and oxygen atoms in total. The van der Waals surface area contributed by atoms with Crippen molar-refractivity contribution in [2.45, 2.75) is 31.8 Å². The first kappa shape index (κ1) is 13.2. The number of hydrogen-bond acceptors (Lipinski definition) is 4. The van der Waals surface area contributed by atoms with Crippen LogP contribution in [0.5, 0.6) is 0 Å². The lowest BCUT2D eigenvalue weighted by Crippen LogP contribution is -2.42. The van der Waals surface area contributed by atoms with Crippen molar-refractivity contribution >= 4 is 22.3 Å². The summed E-state index contributed by atoms with van der Waals surface area (Å²) in [6.45, 7) is 3.41. The number of likely N-dealkylation sites (tertiary alicyclic amines) is 1. The molecule has 106 valence electrons. The first-order valence-corrected chi connectivity index (χ1v) is 7.25. The summed E-state index contributed by atoms with van der Waals surface area (Å²) in [5.41, 5.74) is 8.89. The lowest BCUT2D eigenvalue weighted by Gasteiger charge is -2.36. The van der Waals surface area contributed by atoms with Crippen molar-refractivity contribution in [1.29, 1.82) is 0 Å². The number of benzene rings is 1. The van der Waals surface area contributed by atoms with E-state index in [9.17, 15) is 0 Å². The van der Waals surface area contributed by atoms with Gasteiger partial charge in [-0.15, -0.1) is 0 Å². The second-order valence-electron chi connectivity index (χ2n) is 5.80. The van der Waals surface area contributed by atoms with Gasteiger partial charge in [0.05, 0.1) is 23.1 Å². The van der Waals surface area contributed by atoms with Gasteiger partial charge >= 0.3 is 0 Å². The number of para-hydroxylation sites is 1. The minimum absolute atomic E-state index is 0.481. The van der Waals surface area contributed by atoms with Crippen LogP contribution < -0.4 is 11.1 Å². The molecule has 3 N–H and O–H groups in total. The number of nitrogens with two attached hydrogens (primary N) is 1. The summed E-state index contributed by atoms with van der Waals surface area (Å²) in [6, 6.07) is 9.24. The normalized spacial score (nSPS) is 23.9. The van der Waals surface area contributed by atoms with E-state index in [1.54, 1.807) is 6.20 Å². The summed E-state index contributed by atoms with van der Waals surface area (Å²) in [5.74, 6) is 0. The van der Waals surface area contributed by atoms with Crippen LogP contribution in [0.2, 0.25) is 0 Å². The maximum atomic E-state index is 6.13. The molecule has 0 radical (unpaired) electrons. The summed E-state index contributed by atoms with van der Waals surface area (Å²) in [6.07, 6.45) is 4.05. The number of piperidine rings is 1. The molecule has 1 saturated heterocycles. The highest BCUT2D eigenvalue weighted by Crippen LogP contribution is 2.30. The Hall–Kier alpha value is -1.81. The Kier molecular flexibility index (Phi) is 3.49. The van der Waals surface area contributed by atoms with Crippen LogP contribution in [0.3, 0.4) is 0 Å². The molecule has 0 amide bonds. The van der Waals surface area contributed by atoms with Crippen LogP contribution in [0, 0.1) is 0 Å². The molecule has 2 heterocycles. The quantitative estimate of drug-likeness (QED) is 0.881. The summed E-state index contributed by atoms with van der Waals surface area (Å²) < 4.78 is 0. The van der Waals surface area contributed by atoms with Crippen LogP contribution in [0.25, 0.3) is 10.9 Å². The van der Waals surface area contributed by atoms with Crippen molar-refractivity contribution in [3.05, 3.63) is 30.5 Å². The van der Waals surface area contributed by atoms with Crippen molar-refractivity contribution in [3.8, 4) is 0 Å². The fourth-order valence-electron chi connectivity index (χ4n) is 2.94. The van der Waals surface area contributed by atoms with Gasteiger partial charge in [-0.25, -0.2) is 0 Å². The Bertz CT molecular complexity index is 610. The summed E-state index contributed by atoms with van der Waals surface area (Å²) in [7, 11) is 2.19. The molecule has 1 aromatic heterocycles. The number of pyridine rings is 1. The minimum Gasteiger partial charge on any atom is -0.396 e. The number of anilines is 2. The second-order valence-corrected chi connectivity index (χ2v) is 5.80. The second kappa shape index (κ2) is 5.29. The van der Waals surface area contributed by atoms with Crippen molar-refractivity contribution in [2.24, 2.45) is 0 Å². The number of nitrogens with one attached hydrogen (secondary N) is 1. The van der Waals surface area contributed by atoms with E-state index in [0.29, 0.717) is 12.1 Å². The minimum atomic E-state index is 0.481. The van der Waals surface area contributed by atoms with E-state index in [1.165, 1.54) is 0 Å². The monoisotopic (exact) mass is 270 g/mol. The average molecular weight is 270 g/mol. The fourth-order valence-corrected chi connectivity index (χ4v) is 2.94. The first-order valence-electron chi connectivity index (χ1n) is 7.25. The largest absolute Gasteiger partial charge is 0.396 e. The van der Waals surface area contributed by atoms with Gasteiger partial charge in [-0.3, -0.25) is 4.98 Å². The molecule has 1 aliphatic rings. The zero-order valence-electron chi connectivity index (χ0n) is 12.1. The summed E-state index contributed by atoms with van der Waals surface area (Å²) in [5, 5.41) is 4.76. The van der Waals surface area contributed by atoms with Crippen molar-refractivity contribution in [2.75, 3.05) is 24.6 Å². The predicted octanol–water partition coefficient (Wildman–Crippen LogP) is 2.71. The third-order valence-corrected chi connectivity index (χ3v) is 4.36. The topological polar surface area (TPSA) is 54.2 Å². The Morgan fingerprint density at radius 2 is 2.15 bits per heavy atom. The number of nitrogen functional groups attached to an aromatic ring is 1.